The zero-order chi connectivity index (χ0) is 14.8. The molecule has 6 nitrogen and oxygen atoms in total. The Kier molecular flexibility index (Phi) is 3.35. The SMILES string of the molecule is Cc1cc(N)cnc1NC(=O)c1cccc2c1OCCO2. The summed E-state index contributed by atoms with van der Waals surface area (Å²) in [7, 11) is 0. The Labute approximate surface area is 121 Å². The van der Waals surface area contributed by atoms with Crippen LogP contribution in [0, 0.1) is 6.92 Å². The summed E-state index contributed by atoms with van der Waals surface area (Å²) in [5.74, 6) is 1.23. The van der Waals surface area contributed by atoms with Crippen LogP contribution in [-0.4, -0.2) is 24.1 Å². The molecule has 1 aromatic carbocycles. The fraction of sp³-hybridized carbons (Fsp3) is 0.200. The van der Waals surface area contributed by atoms with E-state index in [4.69, 9.17) is 15.2 Å². The van der Waals surface area contributed by atoms with E-state index in [1.165, 1.54) is 6.20 Å². The second kappa shape index (κ2) is 5.32. The molecule has 21 heavy (non-hydrogen) atoms. The predicted molar refractivity (Wildman–Crippen MR) is 78.8 cm³/mol. The lowest BCUT2D eigenvalue weighted by Crippen LogP contribution is -2.20. The zero-order valence-corrected chi connectivity index (χ0v) is 11.6. The third-order valence-electron chi connectivity index (χ3n) is 3.14. The number of amides is 1. The molecule has 0 bridgehead atoms. The second-order valence-electron chi connectivity index (χ2n) is 4.72. The Hall–Kier alpha value is -2.76. The van der Waals surface area contributed by atoms with Crippen molar-refractivity contribution in [3.63, 3.8) is 0 Å². The first-order chi connectivity index (χ1) is 10.1. The highest BCUT2D eigenvalue weighted by Crippen LogP contribution is 2.34. The molecule has 0 aliphatic carbocycles. The van der Waals surface area contributed by atoms with E-state index < -0.39 is 0 Å². The summed E-state index contributed by atoms with van der Waals surface area (Å²) in [6.45, 7) is 2.74. The minimum absolute atomic E-state index is 0.294. The molecule has 3 rings (SSSR count). The fourth-order valence-corrected chi connectivity index (χ4v) is 2.15. The molecule has 0 fully saturated rings. The summed E-state index contributed by atoms with van der Waals surface area (Å²) in [4.78, 5) is 16.5. The van der Waals surface area contributed by atoms with E-state index in [0.717, 1.165) is 5.56 Å². The Morgan fingerprint density at radius 2 is 2.14 bits per heavy atom. The maximum Gasteiger partial charge on any atom is 0.260 e. The van der Waals surface area contributed by atoms with Gasteiger partial charge in [0.05, 0.1) is 17.4 Å². The maximum absolute atomic E-state index is 12.4. The number of hydrogen-bond acceptors (Lipinski definition) is 5. The highest BCUT2D eigenvalue weighted by atomic mass is 16.6. The summed E-state index contributed by atoms with van der Waals surface area (Å²) >= 11 is 0. The van der Waals surface area contributed by atoms with Crippen molar-refractivity contribution >= 4 is 17.4 Å². The third-order valence-corrected chi connectivity index (χ3v) is 3.14. The topological polar surface area (TPSA) is 86.5 Å². The first-order valence-corrected chi connectivity index (χ1v) is 6.57. The molecule has 1 aromatic heterocycles. The lowest BCUT2D eigenvalue weighted by atomic mass is 10.1. The van der Waals surface area contributed by atoms with E-state index in [1.807, 2.05) is 6.92 Å². The van der Waals surface area contributed by atoms with Gasteiger partial charge in [0.25, 0.3) is 5.91 Å². The van der Waals surface area contributed by atoms with Gasteiger partial charge in [0.2, 0.25) is 0 Å². The van der Waals surface area contributed by atoms with Crippen LogP contribution in [-0.2, 0) is 0 Å². The molecule has 0 saturated heterocycles. The molecule has 1 aliphatic heterocycles. The average Bonchev–Trinajstić information content (AvgIpc) is 2.49. The van der Waals surface area contributed by atoms with Gasteiger partial charge in [-0.05, 0) is 30.7 Å². The number of rotatable bonds is 2. The summed E-state index contributed by atoms with van der Waals surface area (Å²) < 4.78 is 11.0. The van der Waals surface area contributed by atoms with E-state index in [2.05, 4.69) is 10.3 Å². The van der Waals surface area contributed by atoms with Crippen LogP contribution in [0.1, 0.15) is 15.9 Å². The molecular weight excluding hydrogens is 270 g/mol. The number of aromatic nitrogens is 1. The highest BCUT2D eigenvalue weighted by Gasteiger charge is 2.20. The maximum atomic E-state index is 12.4. The number of nitrogen functional groups attached to an aromatic ring is 1. The van der Waals surface area contributed by atoms with Gasteiger partial charge in [-0.25, -0.2) is 4.98 Å². The number of nitrogens with one attached hydrogen (secondary N) is 1. The number of ether oxygens (including phenoxy) is 2. The molecule has 1 aliphatic rings. The number of fused-ring (bicyclic) bond motifs is 1. The van der Waals surface area contributed by atoms with Crippen LogP contribution in [0.25, 0.3) is 0 Å². The normalized spacial score (nSPS) is 12.8. The standard InChI is InChI=1S/C15H15N3O3/c1-9-7-10(16)8-17-14(9)18-15(19)11-3-2-4-12-13(11)21-6-5-20-12/h2-4,7-8H,5-6,16H2,1H3,(H,17,18,19). The number of carbonyl (C=O) groups excluding carboxylic acids is 1. The molecular formula is C15H15N3O3. The number of nitrogens with two attached hydrogens (primary N) is 1. The van der Waals surface area contributed by atoms with Crippen LogP contribution >= 0.6 is 0 Å². The first-order valence-electron chi connectivity index (χ1n) is 6.57. The molecule has 2 aromatic rings. The molecule has 6 heteroatoms. The molecule has 3 N–H and O–H groups in total. The number of anilines is 2. The number of carbonyl (C=O) groups is 1. The Bertz CT molecular complexity index is 701. The lowest BCUT2D eigenvalue weighted by Gasteiger charge is -2.20. The molecule has 1 amide bonds. The van der Waals surface area contributed by atoms with Crippen molar-refractivity contribution in [1.29, 1.82) is 0 Å². The highest BCUT2D eigenvalue weighted by molar-refractivity contribution is 6.06. The van der Waals surface area contributed by atoms with E-state index in [-0.39, 0.29) is 5.91 Å². The van der Waals surface area contributed by atoms with Gasteiger partial charge < -0.3 is 20.5 Å². The van der Waals surface area contributed by atoms with Gasteiger partial charge >= 0.3 is 0 Å². The van der Waals surface area contributed by atoms with Crippen LogP contribution in [0.4, 0.5) is 11.5 Å². The lowest BCUT2D eigenvalue weighted by molar-refractivity contribution is 0.101. The van der Waals surface area contributed by atoms with Crippen molar-refractivity contribution in [2.75, 3.05) is 24.3 Å². The van der Waals surface area contributed by atoms with Crippen molar-refractivity contribution < 1.29 is 14.3 Å². The number of benzene rings is 1. The summed E-state index contributed by atoms with van der Waals surface area (Å²) in [5.41, 5.74) is 7.42. The van der Waals surface area contributed by atoms with Crippen LogP contribution in [0.15, 0.2) is 30.5 Å². The van der Waals surface area contributed by atoms with Gasteiger partial charge in [0.15, 0.2) is 11.5 Å². The Morgan fingerprint density at radius 3 is 2.95 bits per heavy atom. The van der Waals surface area contributed by atoms with Crippen LogP contribution in [0.3, 0.4) is 0 Å². The number of para-hydroxylation sites is 1. The average molecular weight is 285 g/mol. The summed E-state index contributed by atoms with van der Waals surface area (Å²) in [6.07, 6.45) is 1.50. The van der Waals surface area contributed by atoms with E-state index in [9.17, 15) is 4.79 Å². The predicted octanol–water partition coefficient (Wildman–Crippen LogP) is 2.00. The molecule has 0 atom stereocenters. The molecule has 0 saturated carbocycles. The quantitative estimate of drug-likeness (QED) is 0.881. The van der Waals surface area contributed by atoms with E-state index in [0.29, 0.717) is 41.8 Å². The largest absolute Gasteiger partial charge is 0.486 e. The van der Waals surface area contributed by atoms with Crippen molar-refractivity contribution in [3.8, 4) is 11.5 Å². The van der Waals surface area contributed by atoms with Gasteiger partial charge in [-0.3, -0.25) is 4.79 Å². The Morgan fingerprint density at radius 1 is 1.33 bits per heavy atom. The molecule has 0 radical (unpaired) electrons. The van der Waals surface area contributed by atoms with Crippen LogP contribution < -0.4 is 20.5 Å². The number of pyridine rings is 1. The smallest absolute Gasteiger partial charge is 0.260 e. The van der Waals surface area contributed by atoms with Crippen LogP contribution in [0.2, 0.25) is 0 Å². The van der Waals surface area contributed by atoms with Gasteiger partial charge in [-0.2, -0.15) is 0 Å². The Balaban J connectivity index is 1.89. The second-order valence-corrected chi connectivity index (χ2v) is 4.72. The van der Waals surface area contributed by atoms with E-state index in [1.54, 1.807) is 24.3 Å². The number of aryl methyl sites for hydroxylation is 1. The van der Waals surface area contributed by atoms with Gasteiger partial charge in [0, 0.05) is 0 Å². The first kappa shape index (κ1) is 13.2. The van der Waals surface area contributed by atoms with Gasteiger partial charge in [-0.1, -0.05) is 6.07 Å². The number of nitrogens with zero attached hydrogens (tertiary/aromatic N) is 1. The van der Waals surface area contributed by atoms with Crippen molar-refractivity contribution in [1.82, 2.24) is 4.98 Å². The van der Waals surface area contributed by atoms with Crippen molar-refractivity contribution in [2.24, 2.45) is 0 Å². The molecule has 2 heterocycles. The van der Waals surface area contributed by atoms with Crippen molar-refractivity contribution in [2.45, 2.75) is 6.92 Å². The van der Waals surface area contributed by atoms with Gasteiger partial charge in [-0.15, -0.1) is 0 Å². The minimum atomic E-state index is -0.294. The zero-order valence-electron chi connectivity index (χ0n) is 11.6. The fourth-order valence-electron chi connectivity index (χ4n) is 2.15. The molecule has 0 unspecified atom stereocenters. The third kappa shape index (κ3) is 2.60. The van der Waals surface area contributed by atoms with Crippen LogP contribution in [0.5, 0.6) is 11.5 Å². The summed E-state index contributed by atoms with van der Waals surface area (Å²) in [6, 6.07) is 6.97. The molecule has 108 valence electrons. The van der Waals surface area contributed by atoms with Crippen molar-refractivity contribution in [3.05, 3.63) is 41.6 Å². The van der Waals surface area contributed by atoms with E-state index >= 15 is 0 Å². The summed E-state index contributed by atoms with van der Waals surface area (Å²) in [5, 5.41) is 2.76. The minimum Gasteiger partial charge on any atom is -0.486 e. The monoisotopic (exact) mass is 285 g/mol. The molecule has 0 spiro atoms. The number of hydrogen-bond donors (Lipinski definition) is 2. The van der Waals surface area contributed by atoms with Gasteiger partial charge in [0.1, 0.15) is 19.0 Å².